The zero-order chi connectivity index (χ0) is 21.2. The van der Waals surface area contributed by atoms with Gasteiger partial charge in [-0.1, -0.05) is 11.6 Å². The maximum Gasteiger partial charge on any atom is 0.306 e. The SMILES string of the molecule is N#Cc1cc(Cl)c(Nc2c([N+](=O)[O-])cc([N+](=O)[O-])cc2[N+](=O)[O-])c([N+](=O)[O-])c1. The Morgan fingerprint density at radius 3 is 1.64 bits per heavy atom. The summed E-state index contributed by atoms with van der Waals surface area (Å²) < 4.78 is 0. The van der Waals surface area contributed by atoms with E-state index in [1.807, 2.05) is 0 Å². The number of nitro benzene ring substituents is 4. The summed E-state index contributed by atoms with van der Waals surface area (Å²) in [5, 5.41) is 55.3. The molecule has 14 nitrogen and oxygen atoms in total. The van der Waals surface area contributed by atoms with Crippen molar-refractivity contribution in [2.24, 2.45) is 0 Å². The molecule has 0 fully saturated rings. The minimum atomic E-state index is -1.13. The van der Waals surface area contributed by atoms with Crippen LogP contribution >= 0.6 is 11.6 Å². The van der Waals surface area contributed by atoms with Gasteiger partial charge in [0.2, 0.25) is 0 Å². The molecule has 0 atom stereocenters. The molecular formula is C13H5ClN6O8. The van der Waals surface area contributed by atoms with Crippen LogP contribution in [0.3, 0.4) is 0 Å². The lowest BCUT2D eigenvalue weighted by Crippen LogP contribution is -2.05. The molecule has 15 heteroatoms. The molecule has 0 unspecified atom stereocenters. The third kappa shape index (κ3) is 3.73. The molecule has 0 aromatic heterocycles. The van der Waals surface area contributed by atoms with Gasteiger partial charge in [-0.3, -0.25) is 40.5 Å². The molecule has 0 amide bonds. The summed E-state index contributed by atoms with van der Waals surface area (Å²) in [4.78, 5) is 40.4. The average molecular weight is 409 g/mol. The zero-order valence-electron chi connectivity index (χ0n) is 13.2. The van der Waals surface area contributed by atoms with Gasteiger partial charge in [0, 0.05) is 6.07 Å². The molecule has 0 spiro atoms. The summed E-state index contributed by atoms with van der Waals surface area (Å²) in [7, 11) is 0. The number of halogens is 1. The Balaban J connectivity index is 2.82. The first kappa shape index (κ1) is 19.9. The molecule has 28 heavy (non-hydrogen) atoms. The van der Waals surface area contributed by atoms with Gasteiger partial charge < -0.3 is 5.32 Å². The predicted octanol–water partition coefficient (Wildman–Crippen LogP) is 3.59. The molecule has 0 radical (unpaired) electrons. The summed E-state index contributed by atoms with van der Waals surface area (Å²) in [5.41, 5.74) is -5.47. The quantitative estimate of drug-likeness (QED) is 0.541. The third-order valence-corrected chi connectivity index (χ3v) is 3.63. The Hall–Kier alpha value is -4.38. The number of hydrogen-bond acceptors (Lipinski definition) is 10. The molecule has 1 N–H and O–H groups in total. The van der Waals surface area contributed by atoms with Crippen molar-refractivity contribution >= 4 is 45.7 Å². The van der Waals surface area contributed by atoms with Gasteiger partial charge in [0.1, 0.15) is 5.69 Å². The van der Waals surface area contributed by atoms with E-state index in [0.29, 0.717) is 12.1 Å². The second-order valence-electron chi connectivity index (χ2n) is 4.98. The number of nitro groups is 4. The van der Waals surface area contributed by atoms with Crippen molar-refractivity contribution in [1.29, 1.82) is 5.26 Å². The van der Waals surface area contributed by atoms with Crippen LogP contribution in [0.2, 0.25) is 5.02 Å². The summed E-state index contributed by atoms with van der Waals surface area (Å²) in [6.45, 7) is 0. The number of benzene rings is 2. The first-order chi connectivity index (χ1) is 13.1. The van der Waals surface area contributed by atoms with Crippen LogP contribution in [0.4, 0.5) is 34.1 Å². The summed E-state index contributed by atoms with van der Waals surface area (Å²) in [5.74, 6) is 0. The van der Waals surface area contributed by atoms with E-state index in [0.717, 1.165) is 12.1 Å². The lowest BCUT2D eigenvalue weighted by atomic mass is 10.1. The van der Waals surface area contributed by atoms with E-state index in [1.165, 1.54) is 0 Å². The van der Waals surface area contributed by atoms with Crippen molar-refractivity contribution in [1.82, 2.24) is 0 Å². The lowest BCUT2D eigenvalue weighted by Gasteiger charge is -2.10. The van der Waals surface area contributed by atoms with Crippen LogP contribution in [0.5, 0.6) is 0 Å². The number of rotatable bonds is 6. The number of nitrogens with one attached hydrogen (secondary N) is 1. The smallest absolute Gasteiger partial charge is 0.306 e. The van der Waals surface area contributed by atoms with Crippen molar-refractivity contribution in [2.75, 3.05) is 5.32 Å². The van der Waals surface area contributed by atoms with E-state index in [4.69, 9.17) is 16.9 Å². The van der Waals surface area contributed by atoms with Crippen molar-refractivity contribution in [3.8, 4) is 6.07 Å². The van der Waals surface area contributed by atoms with Crippen molar-refractivity contribution in [2.45, 2.75) is 0 Å². The largest absolute Gasteiger partial charge is 0.337 e. The first-order valence-electron chi connectivity index (χ1n) is 6.83. The molecule has 0 heterocycles. The highest BCUT2D eigenvalue weighted by atomic mass is 35.5. The fourth-order valence-electron chi connectivity index (χ4n) is 2.17. The average Bonchev–Trinajstić information content (AvgIpc) is 2.61. The molecule has 0 saturated carbocycles. The minimum Gasteiger partial charge on any atom is -0.337 e. The predicted molar refractivity (Wildman–Crippen MR) is 92.5 cm³/mol. The van der Waals surface area contributed by atoms with Gasteiger partial charge in [-0.2, -0.15) is 5.26 Å². The van der Waals surface area contributed by atoms with Gasteiger partial charge in [0.25, 0.3) is 11.4 Å². The highest BCUT2D eigenvalue weighted by Crippen LogP contribution is 2.43. The van der Waals surface area contributed by atoms with Crippen LogP contribution in [0.1, 0.15) is 5.56 Å². The van der Waals surface area contributed by atoms with Gasteiger partial charge in [-0.15, -0.1) is 0 Å². The third-order valence-electron chi connectivity index (χ3n) is 3.33. The molecular weight excluding hydrogens is 404 g/mol. The highest BCUT2D eigenvalue weighted by molar-refractivity contribution is 6.34. The van der Waals surface area contributed by atoms with Crippen LogP contribution < -0.4 is 5.32 Å². The molecule has 2 aromatic rings. The highest BCUT2D eigenvalue weighted by Gasteiger charge is 2.33. The van der Waals surface area contributed by atoms with E-state index in [2.05, 4.69) is 5.32 Å². The minimum absolute atomic E-state index is 0.199. The number of anilines is 2. The normalized spacial score (nSPS) is 10.0. The Kier molecular flexibility index (Phi) is 5.32. The molecule has 0 bridgehead atoms. The maximum atomic E-state index is 11.3. The van der Waals surface area contributed by atoms with Gasteiger partial charge in [0.05, 0.1) is 48.5 Å². The van der Waals surface area contributed by atoms with E-state index in [1.54, 1.807) is 6.07 Å². The van der Waals surface area contributed by atoms with E-state index in [-0.39, 0.29) is 5.56 Å². The van der Waals surface area contributed by atoms with Crippen LogP contribution in [-0.4, -0.2) is 19.7 Å². The van der Waals surface area contributed by atoms with Gasteiger partial charge in [-0.25, -0.2) is 0 Å². The Morgan fingerprint density at radius 2 is 1.25 bits per heavy atom. The summed E-state index contributed by atoms with van der Waals surface area (Å²) >= 11 is 5.89. The van der Waals surface area contributed by atoms with Gasteiger partial charge in [-0.05, 0) is 6.07 Å². The van der Waals surface area contributed by atoms with E-state index >= 15 is 0 Å². The van der Waals surface area contributed by atoms with Crippen molar-refractivity contribution in [3.63, 3.8) is 0 Å². The number of hydrogen-bond donors (Lipinski definition) is 1. The fraction of sp³-hybridized carbons (Fsp3) is 0. The van der Waals surface area contributed by atoms with Crippen LogP contribution in [-0.2, 0) is 0 Å². The maximum absolute atomic E-state index is 11.3. The Bertz CT molecular complexity index is 1060. The topological polar surface area (TPSA) is 208 Å². The molecule has 0 aliphatic carbocycles. The standard InChI is InChI=1S/C13H5ClN6O8/c14-8-1-6(5-15)2-9(18(23)24)12(8)16-13-10(19(25)26)3-7(17(21)22)4-11(13)20(27)28/h1-4,16H. The second-order valence-corrected chi connectivity index (χ2v) is 5.38. The molecule has 0 saturated heterocycles. The lowest BCUT2D eigenvalue weighted by molar-refractivity contribution is -0.401. The van der Waals surface area contributed by atoms with Crippen LogP contribution in [0.25, 0.3) is 0 Å². The number of nitrogens with zero attached hydrogens (tertiary/aromatic N) is 5. The summed E-state index contributed by atoms with van der Waals surface area (Å²) in [6, 6.07) is 4.34. The fourth-order valence-corrected chi connectivity index (χ4v) is 2.43. The molecule has 2 aromatic carbocycles. The van der Waals surface area contributed by atoms with E-state index < -0.39 is 58.8 Å². The number of nitriles is 1. The molecule has 0 aliphatic heterocycles. The molecule has 2 rings (SSSR count). The van der Waals surface area contributed by atoms with Crippen molar-refractivity contribution < 1.29 is 19.7 Å². The van der Waals surface area contributed by atoms with Gasteiger partial charge in [0.15, 0.2) is 5.69 Å². The number of non-ortho nitro benzene ring substituents is 1. The Labute approximate surface area is 158 Å². The zero-order valence-corrected chi connectivity index (χ0v) is 13.9. The van der Waals surface area contributed by atoms with Crippen LogP contribution in [0.15, 0.2) is 24.3 Å². The Morgan fingerprint density at radius 1 is 0.786 bits per heavy atom. The molecule has 142 valence electrons. The van der Waals surface area contributed by atoms with E-state index in [9.17, 15) is 40.5 Å². The first-order valence-corrected chi connectivity index (χ1v) is 7.20. The molecule has 0 aliphatic rings. The van der Waals surface area contributed by atoms with Crippen LogP contribution in [0, 0.1) is 51.8 Å². The van der Waals surface area contributed by atoms with Crippen molar-refractivity contribution in [3.05, 3.63) is 75.3 Å². The summed E-state index contributed by atoms with van der Waals surface area (Å²) in [6.07, 6.45) is 0. The van der Waals surface area contributed by atoms with Gasteiger partial charge >= 0.3 is 11.4 Å². The second kappa shape index (κ2) is 7.47. The monoisotopic (exact) mass is 408 g/mol.